The van der Waals surface area contributed by atoms with Crippen LogP contribution in [0.5, 0.6) is 0 Å². The van der Waals surface area contributed by atoms with E-state index < -0.39 is 13.4 Å². The number of rotatable bonds is 8. The maximum absolute atomic E-state index is 13.3. The van der Waals surface area contributed by atoms with E-state index in [1.54, 1.807) is 62.4 Å². The van der Waals surface area contributed by atoms with Crippen molar-refractivity contribution in [2.75, 3.05) is 13.2 Å². The molecule has 0 aliphatic carbocycles. The molecule has 134 valence electrons. The Kier molecular flexibility index (Phi) is 7.21. The normalized spacial score (nSPS) is 12.6. The number of halogens is 1. The molecular weight excluding hydrogens is 361 g/mol. The monoisotopic (exact) mass is 381 g/mol. The number of carbonyl (C=O) groups is 1. The lowest BCUT2D eigenvalue weighted by atomic mass is 10.2. The molecule has 0 heterocycles. The highest BCUT2D eigenvalue weighted by atomic mass is 35.5. The SMILES string of the molecule is CCOP(=O)(OCC)C(NC(=O)c1ccc(Cl)cc1)c1ccccc1. The molecule has 0 bridgehead atoms. The smallest absolute Gasteiger partial charge is 0.334 e. The van der Waals surface area contributed by atoms with Gasteiger partial charge in [-0.2, -0.15) is 0 Å². The van der Waals surface area contributed by atoms with E-state index >= 15 is 0 Å². The standard InChI is InChI=1S/C18H21ClNO4P/c1-3-23-25(22,24-4-2)18(15-8-6-5-7-9-15)20-17(21)14-10-12-16(19)13-11-14/h5-13,18H,3-4H2,1-2H3,(H,20,21). The van der Waals surface area contributed by atoms with E-state index in [1.165, 1.54) is 0 Å². The van der Waals surface area contributed by atoms with Crippen LogP contribution in [0.1, 0.15) is 35.6 Å². The third kappa shape index (κ3) is 5.16. The minimum Gasteiger partial charge on any atom is -0.334 e. The van der Waals surface area contributed by atoms with Crippen LogP contribution in [0.2, 0.25) is 5.02 Å². The Balaban J connectivity index is 2.36. The molecule has 0 radical (unpaired) electrons. The zero-order chi connectivity index (χ0) is 18.3. The Morgan fingerprint density at radius 3 is 2.12 bits per heavy atom. The zero-order valence-electron chi connectivity index (χ0n) is 14.1. The van der Waals surface area contributed by atoms with Crippen molar-refractivity contribution in [1.82, 2.24) is 5.32 Å². The van der Waals surface area contributed by atoms with Gasteiger partial charge in [-0.05, 0) is 43.7 Å². The van der Waals surface area contributed by atoms with Crippen molar-refractivity contribution < 1.29 is 18.4 Å². The summed E-state index contributed by atoms with van der Waals surface area (Å²) in [5.74, 6) is -1.29. The molecule has 1 unspecified atom stereocenters. The van der Waals surface area contributed by atoms with E-state index in [-0.39, 0.29) is 19.1 Å². The van der Waals surface area contributed by atoms with Gasteiger partial charge in [0.15, 0.2) is 5.78 Å². The van der Waals surface area contributed by atoms with Crippen LogP contribution in [-0.2, 0) is 13.6 Å². The summed E-state index contributed by atoms with van der Waals surface area (Å²) >= 11 is 5.86. The summed E-state index contributed by atoms with van der Waals surface area (Å²) < 4.78 is 24.1. The lowest BCUT2D eigenvalue weighted by Crippen LogP contribution is -2.29. The molecule has 0 aliphatic rings. The van der Waals surface area contributed by atoms with E-state index in [4.69, 9.17) is 20.6 Å². The Bertz CT molecular complexity index is 727. The van der Waals surface area contributed by atoms with E-state index in [9.17, 15) is 9.36 Å². The van der Waals surface area contributed by atoms with E-state index in [1.807, 2.05) is 6.07 Å². The topological polar surface area (TPSA) is 64.6 Å². The predicted octanol–water partition coefficient (Wildman–Crippen LogP) is 5.03. The average Bonchev–Trinajstić information content (AvgIpc) is 2.61. The van der Waals surface area contributed by atoms with Crippen molar-refractivity contribution in [3.63, 3.8) is 0 Å². The van der Waals surface area contributed by atoms with Gasteiger partial charge in [0, 0.05) is 10.6 Å². The summed E-state index contributed by atoms with van der Waals surface area (Å²) in [6.07, 6.45) is 0. The highest BCUT2D eigenvalue weighted by molar-refractivity contribution is 7.54. The molecule has 1 atom stereocenters. The molecule has 0 fully saturated rings. The molecule has 0 aromatic heterocycles. The molecule has 0 spiro atoms. The van der Waals surface area contributed by atoms with Crippen LogP contribution in [0, 0.1) is 0 Å². The molecule has 7 heteroatoms. The lowest BCUT2D eigenvalue weighted by Gasteiger charge is -2.27. The van der Waals surface area contributed by atoms with Crippen LogP contribution < -0.4 is 5.32 Å². The summed E-state index contributed by atoms with van der Waals surface area (Å²) in [4.78, 5) is 12.6. The molecule has 2 rings (SSSR count). The quantitative estimate of drug-likeness (QED) is 0.651. The Morgan fingerprint density at radius 1 is 1.04 bits per heavy atom. The highest BCUT2D eigenvalue weighted by Gasteiger charge is 2.38. The summed E-state index contributed by atoms with van der Waals surface area (Å²) in [6, 6.07) is 15.5. The maximum Gasteiger partial charge on any atom is 0.357 e. The summed E-state index contributed by atoms with van der Waals surface area (Å²) in [5.41, 5.74) is 1.06. The fourth-order valence-corrected chi connectivity index (χ4v) is 4.37. The van der Waals surface area contributed by atoms with Gasteiger partial charge < -0.3 is 14.4 Å². The van der Waals surface area contributed by atoms with Gasteiger partial charge in [0.25, 0.3) is 5.91 Å². The van der Waals surface area contributed by atoms with Crippen molar-refractivity contribution in [3.8, 4) is 0 Å². The number of carbonyl (C=O) groups excluding carboxylic acids is 1. The molecule has 1 amide bonds. The molecule has 0 saturated carbocycles. The first kappa shape index (κ1) is 19.7. The van der Waals surface area contributed by atoms with Crippen molar-refractivity contribution in [1.29, 1.82) is 0 Å². The number of hydrogen-bond donors (Lipinski definition) is 1. The minimum absolute atomic E-state index is 0.206. The third-order valence-electron chi connectivity index (χ3n) is 3.42. The van der Waals surface area contributed by atoms with Gasteiger partial charge in [0.1, 0.15) is 0 Å². The maximum atomic E-state index is 13.3. The van der Waals surface area contributed by atoms with Crippen molar-refractivity contribution in [3.05, 3.63) is 70.7 Å². The first-order valence-electron chi connectivity index (χ1n) is 8.00. The molecule has 0 saturated heterocycles. The molecule has 2 aromatic carbocycles. The van der Waals surface area contributed by atoms with Crippen molar-refractivity contribution >= 4 is 25.1 Å². The van der Waals surface area contributed by atoms with Gasteiger partial charge in [-0.3, -0.25) is 9.36 Å². The fraction of sp³-hybridized carbons (Fsp3) is 0.278. The first-order valence-corrected chi connectivity index (χ1v) is 9.99. The molecule has 0 aliphatic heterocycles. The predicted molar refractivity (Wildman–Crippen MR) is 99.0 cm³/mol. The fourth-order valence-electron chi connectivity index (χ4n) is 2.34. The van der Waals surface area contributed by atoms with Gasteiger partial charge >= 0.3 is 7.60 Å². The van der Waals surface area contributed by atoms with E-state index in [0.29, 0.717) is 16.1 Å². The average molecular weight is 382 g/mol. The lowest BCUT2D eigenvalue weighted by molar-refractivity contribution is 0.0937. The number of nitrogens with one attached hydrogen (secondary N) is 1. The Labute approximate surface area is 152 Å². The Morgan fingerprint density at radius 2 is 1.60 bits per heavy atom. The van der Waals surface area contributed by atoms with Gasteiger partial charge in [-0.25, -0.2) is 0 Å². The van der Waals surface area contributed by atoms with Crippen LogP contribution in [0.3, 0.4) is 0 Å². The Hall–Kier alpha value is -1.65. The number of benzene rings is 2. The van der Waals surface area contributed by atoms with Gasteiger partial charge in [-0.1, -0.05) is 41.9 Å². The number of hydrogen-bond acceptors (Lipinski definition) is 4. The summed E-state index contributed by atoms with van der Waals surface area (Å²) in [5, 5.41) is 3.32. The molecule has 1 N–H and O–H groups in total. The largest absolute Gasteiger partial charge is 0.357 e. The minimum atomic E-state index is -3.59. The zero-order valence-corrected chi connectivity index (χ0v) is 15.8. The van der Waals surface area contributed by atoms with Crippen molar-refractivity contribution in [2.24, 2.45) is 0 Å². The molecular formula is C18H21ClNO4P. The highest BCUT2D eigenvalue weighted by Crippen LogP contribution is 2.59. The van der Waals surface area contributed by atoms with Gasteiger partial charge in [0.05, 0.1) is 13.2 Å². The molecule has 5 nitrogen and oxygen atoms in total. The van der Waals surface area contributed by atoms with Gasteiger partial charge in [0.2, 0.25) is 0 Å². The van der Waals surface area contributed by atoms with Crippen LogP contribution in [0.15, 0.2) is 54.6 Å². The van der Waals surface area contributed by atoms with E-state index in [2.05, 4.69) is 5.32 Å². The number of amides is 1. The third-order valence-corrected chi connectivity index (χ3v) is 5.97. The van der Waals surface area contributed by atoms with Gasteiger partial charge in [-0.15, -0.1) is 0 Å². The second kappa shape index (κ2) is 9.16. The van der Waals surface area contributed by atoms with Crippen molar-refractivity contribution in [2.45, 2.75) is 19.6 Å². The second-order valence-corrected chi connectivity index (χ2v) is 7.72. The van der Waals surface area contributed by atoms with Crippen LogP contribution in [0.25, 0.3) is 0 Å². The second-order valence-electron chi connectivity index (χ2n) is 5.17. The van der Waals surface area contributed by atoms with Crippen LogP contribution >= 0.6 is 19.2 Å². The van der Waals surface area contributed by atoms with E-state index in [0.717, 1.165) is 0 Å². The summed E-state index contributed by atoms with van der Waals surface area (Å²) in [7, 11) is -3.59. The van der Waals surface area contributed by atoms with Crippen LogP contribution in [-0.4, -0.2) is 19.1 Å². The summed E-state index contributed by atoms with van der Waals surface area (Å²) in [6.45, 7) is 3.87. The molecule has 2 aromatic rings. The molecule has 25 heavy (non-hydrogen) atoms. The first-order chi connectivity index (χ1) is 12.0. The van der Waals surface area contributed by atoms with Crippen LogP contribution in [0.4, 0.5) is 0 Å².